The second-order valence-electron chi connectivity index (χ2n) is 5.01. The smallest absolute Gasteiger partial charge is 0.213 e. The summed E-state index contributed by atoms with van der Waals surface area (Å²) in [6, 6.07) is 4.42. The quantitative estimate of drug-likeness (QED) is 0.869. The number of nitrogens with zero attached hydrogens (tertiary/aromatic N) is 1. The molecule has 2 rings (SSSR count). The van der Waals surface area contributed by atoms with Crippen LogP contribution in [0.25, 0.3) is 0 Å². The van der Waals surface area contributed by atoms with Gasteiger partial charge in [-0.3, -0.25) is 0 Å². The molecule has 0 radical (unpaired) electrons. The molecule has 0 atom stereocenters. The number of hydrogen-bond acceptors (Lipinski definition) is 4. The van der Waals surface area contributed by atoms with Crippen LogP contribution in [0.5, 0.6) is 0 Å². The van der Waals surface area contributed by atoms with Crippen LogP contribution in [0, 0.1) is 5.82 Å². The number of rotatable bonds is 4. The van der Waals surface area contributed by atoms with E-state index in [1.165, 1.54) is 22.5 Å². The molecular formula is C12H17FN2O4S2. The zero-order chi connectivity index (χ0) is 15.7. The van der Waals surface area contributed by atoms with Crippen LogP contribution in [0.3, 0.4) is 0 Å². The fourth-order valence-electron chi connectivity index (χ4n) is 2.23. The van der Waals surface area contributed by atoms with Crippen molar-refractivity contribution in [1.82, 2.24) is 9.03 Å². The van der Waals surface area contributed by atoms with Crippen LogP contribution in [-0.2, 0) is 20.0 Å². The summed E-state index contributed by atoms with van der Waals surface area (Å²) in [6.45, 7) is 0.546. The van der Waals surface area contributed by atoms with Crippen LogP contribution in [0.1, 0.15) is 12.8 Å². The Morgan fingerprint density at radius 1 is 1.19 bits per heavy atom. The summed E-state index contributed by atoms with van der Waals surface area (Å²) < 4.78 is 63.9. The highest BCUT2D eigenvalue weighted by atomic mass is 32.2. The van der Waals surface area contributed by atoms with Crippen molar-refractivity contribution in [2.24, 2.45) is 0 Å². The Morgan fingerprint density at radius 3 is 2.33 bits per heavy atom. The molecule has 0 amide bonds. The van der Waals surface area contributed by atoms with Crippen molar-refractivity contribution in [3.05, 3.63) is 30.1 Å². The SMILES string of the molecule is CS(=O)(=O)N1CCC(NS(=O)(=O)c2cccc(F)c2)CC1. The van der Waals surface area contributed by atoms with Gasteiger partial charge in [0.25, 0.3) is 0 Å². The average Bonchev–Trinajstić information content (AvgIpc) is 2.38. The minimum absolute atomic E-state index is 0.131. The van der Waals surface area contributed by atoms with Gasteiger partial charge >= 0.3 is 0 Å². The van der Waals surface area contributed by atoms with Crippen molar-refractivity contribution in [3.8, 4) is 0 Å². The van der Waals surface area contributed by atoms with Gasteiger partial charge in [0, 0.05) is 19.1 Å². The Bertz CT molecular complexity index is 711. The Kier molecular flexibility index (Phi) is 4.66. The van der Waals surface area contributed by atoms with E-state index in [-0.39, 0.29) is 24.0 Å². The van der Waals surface area contributed by atoms with Gasteiger partial charge in [-0.15, -0.1) is 0 Å². The number of sulfonamides is 2. The van der Waals surface area contributed by atoms with E-state index in [4.69, 9.17) is 0 Å². The maximum atomic E-state index is 13.1. The Morgan fingerprint density at radius 2 is 1.81 bits per heavy atom. The van der Waals surface area contributed by atoms with Gasteiger partial charge in [-0.25, -0.2) is 30.3 Å². The minimum atomic E-state index is -3.79. The molecule has 1 aromatic rings. The van der Waals surface area contributed by atoms with Crippen molar-refractivity contribution >= 4 is 20.0 Å². The second-order valence-corrected chi connectivity index (χ2v) is 8.71. The molecule has 118 valence electrons. The first-order valence-corrected chi connectivity index (χ1v) is 9.75. The Hall–Kier alpha value is -1.03. The van der Waals surface area contributed by atoms with Crippen LogP contribution in [0.4, 0.5) is 4.39 Å². The van der Waals surface area contributed by atoms with Gasteiger partial charge in [0.2, 0.25) is 20.0 Å². The third kappa shape index (κ3) is 4.22. The lowest BCUT2D eigenvalue weighted by molar-refractivity contribution is 0.310. The van der Waals surface area contributed by atoms with Gasteiger partial charge in [-0.2, -0.15) is 0 Å². The second kappa shape index (κ2) is 5.99. The topological polar surface area (TPSA) is 83.6 Å². The van der Waals surface area contributed by atoms with Crippen molar-refractivity contribution in [1.29, 1.82) is 0 Å². The average molecular weight is 336 g/mol. The molecular weight excluding hydrogens is 319 g/mol. The lowest BCUT2D eigenvalue weighted by Gasteiger charge is -2.30. The summed E-state index contributed by atoms with van der Waals surface area (Å²) in [5, 5.41) is 0. The van der Waals surface area contributed by atoms with Gasteiger partial charge in [-0.1, -0.05) is 6.07 Å². The summed E-state index contributed by atoms with van der Waals surface area (Å²) in [7, 11) is -7.04. The van der Waals surface area contributed by atoms with Crippen LogP contribution in [0.15, 0.2) is 29.2 Å². The highest BCUT2D eigenvalue weighted by Gasteiger charge is 2.28. The summed E-state index contributed by atoms with van der Waals surface area (Å²) in [5.74, 6) is -0.621. The molecule has 0 bridgehead atoms. The largest absolute Gasteiger partial charge is 0.240 e. The minimum Gasteiger partial charge on any atom is -0.213 e. The molecule has 1 fully saturated rings. The molecule has 0 aromatic heterocycles. The molecule has 0 spiro atoms. The van der Waals surface area contributed by atoms with E-state index in [1.807, 2.05) is 0 Å². The van der Waals surface area contributed by atoms with E-state index in [0.29, 0.717) is 12.8 Å². The summed E-state index contributed by atoms with van der Waals surface area (Å²) in [5.41, 5.74) is 0. The third-order valence-electron chi connectivity index (χ3n) is 3.35. The molecule has 0 unspecified atom stereocenters. The van der Waals surface area contributed by atoms with E-state index in [9.17, 15) is 21.2 Å². The van der Waals surface area contributed by atoms with E-state index < -0.39 is 25.9 Å². The highest BCUT2D eigenvalue weighted by molar-refractivity contribution is 7.89. The first kappa shape index (κ1) is 16.3. The molecule has 1 aromatic carbocycles. The van der Waals surface area contributed by atoms with Crippen molar-refractivity contribution in [2.45, 2.75) is 23.8 Å². The highest BCUT2D eigenvalue weighted by Crippen LogP contribution is 2.17. The summed E-state index contributed by atoms with van der Waals surface area (Å²) in [4.78, 5) is -0.131. The Labute approximate surface area is 124 Å². The monoisotopic (exact) mass is 336 g/mol. The molecule has 9 heteroatoms. The van der Waals surface area contributed by atoms with Gasteiger partial charge in [0.05, 0.1) is 11.2 Å². The predicted octanol–water partition coefficient (Wildman–Crippen LogP) is 0.528. The lowest BCUT2D eigenvalue weighted by atomic mass is 10.1. The van der Waals surface area contributed by atoms with E-state index in [2.05, 4.69) is 4.72 Å². The Balaban J connectivity index is 2.03. The molecule has 1 heterocycles. The van der Waals surface area contributed by atoms with Gasteiger partial charge in [0.15, 0.2) is 0 Å². The molecule has 0 saturated carbocycles. The van der Waals surface area contributed by atoms with Crippen LogP contribution in [0.2, 0.25) is 0 Å². The number of halogens is 1. The van der Waals surface area contributed by atoms with Gasteiger partial charge in [0.1, 0.15) is 5.82 Å². The normalized spacial score (nSPS) is 18.8. The van der Waals surface area contributed by atoms with E-state index in [1.54, 1.807) is 0 Å². The number of piperidine rings is 1. The molecule has 6 nitrogen and oxygen atoms in total. The molecule has 0 aliphatic carbocycles. The zero-order valence-electron chi connectivity index (χ0n) is 11.5. The molecule has 1 N–H and O–H groups in total. The summed E-state index contributed by atoms with van der Waals surface area (Å²) in [6.07, 6.45) is 1.91. The lowest BCUT2D eigenvalue weighted by Crippen LogP contribution is -2.46. The van der Waals surface area contributed by atoms with Crippen molar-refractivity contribution < 1.29 is 21.2 Å². The maximum Gasteiger partial charge on any atom is 0.240 e. The zero-order valence-corrected chi connectivity index (χ0v) is 13.1. The maximum absolute atomic E-state index is 13.1. The van der Waals surface area contributed by atoms with Gasteiger partial charge in [-0.05, 0) is 31.0 Å². The number of hydrogen-bond donors (Lipinski definition) is 1. The standard InChI is InChI=1S/C12H17FN2O4S2/c1-20(16,17)15-7-5-11(6-8-15)14-21(18,19)12-4-2-3-10(13)9-12/h2-4,9,11,14H,5-8H2,1H3. The van der Waals surface area contributed by atoms with Crippen LogP contribution in [-0.4, -0.2) is 46.5 Å². The fourth-order valence-corrected chi connectivity index (χ4v) is 4.44. The van der Waals surface area contributed by atoms with Gasteiger partial charge < -0.3 is 0 Å². The third-order valence-corrected chi connectivity index (χ3v) is 6.17. The summed E-state index contributed by atoms with van der Waals surface area (Å²) >= 11 is 0. The molecule has 1 saturated heterocycles. The first-order valence-electron chi connectivity index (χ1n) is 6.41. The molecule has 21 heavy (non-hydrogen) atoms. The van der Waals surface area contributed by atoms with E-state index in [0.717, 1.165) is 12.3 Å². The van der Waals surface area contributed by atoms with Crippen molar-refractivity contribution in [3.63, 3.8) is 0 Å². The molecule has 1 aliphatic rings. The number of nitrogens with one attached hydrogen (secondary N) is 1. The number of benzene rings is 1. The van der Waals surface area contributed by atoms with E-state index >= 15 is 0 Å². The fraction of sp³-hybridized carbons (Fsp3) is 0.500. The van der Waals surface area contributed by atoms with Crippen LogP contribution >= 0.6 is 0 Å². The van der Waals surface area contributed by atoms with Crippen LogP contribution < -0.4 is 4.72 Å². The molecule has 1 aliphatic heterocycles. The predicted molar refractivity (Wildman–Crippen MR) is 76.2 cm³/mol. The van der Waals surface area contributed by atoms with Crippen molar-refractivity contribution in [2.75, 3.05) is 19.3 Å². The first-order chi connectivity index (χ1) is 9.68.